The van der Waals surface area contributed by atoms with Gasteiger partial charge in [-0.25, -0.2) is 4.99 Å². The molecule has 0 aliphatic carbocycles. The zero-order chi connectivity index (χ0) is 9.26. The molecule has 2 nitrogen and oxygen atoms in total. The molecule has 0 spiro atoms. The van der Waals surface area contributed by atoms with Crippen molar-refractivity contribution in [3.63, 3.8) is 0 Å². The van der Waals surface area contributed by atoms with Crippen LogP contribution in [0.3, 0.4) is 0 Å². The van der Waals surface area contributed by atoms with Crippen molar-refractivity contribution in [2.75, 3.05) is 0 Å². The third kappa shape index (κ3) is 1.86. The van der Waals surface area contributed by atoms with Crippen molar-refractivity contribution < 1.29 is 0 Å². The fraction of sp³-hybridized carbons (Fsp3) is 0.300. The summed E-state index contributed by atoms with van der Waals surface area (Å²) in [4.78, 5) is 5.60. The lowest BCUT2D eigenvalue weighted by Crippen LogP contribution is -2.14. The molecule has 0 saturated heterocycles. The molecule has 13 heavy (non-hydrogen) atoms. The first-order valence-corrected chi connectivity index (χ1v) is 5.22. The Morgan fingerprint density at radius 2 is 2.23 bits per heavy atom. The topological polar surface area (TPSA) is 38.4 Å². The molecule has 2 rings (SSSR count). The van der Waals surface area contributed by atoms with Gasteiger partial charge in [0.2, 0.25) is 0 Å². The Hall–Kier alpha value is -0.960. The van der Waals surface area contributed by atoms with Crippen molar-refractivity contribution in [3.05, 3.63) is 24.3 Å². The molecule has 0 aromatic heterocycles. The second-order valence-electron chi connectivity index (χ2n) is 3.20. The molecule has 1 aliphatic rings. The number of rotatable bonds is 0. The molecule has 1 aromatic carbocycles. The fourth-order valence-corrected chi connectivity index (χ4v) is 2.48. The number of benzene rings is 1. The lowest BCUT2D eigenvalue weighted by Gasteiger charge is -2.06. The van der Waals surface area contributed by atoms with Crippen molar-refractivity contribution in [2.45, 2.75) is 23.5 Å². The summed E-state index contributed by atoms with van der Waals surface area (Å²) in [6.07, 6.45) is 0.874. The molecule has 1 aromatic rings. The summed E-state index contributed by atoms with van der Waals surface area (Å²) in [5.74, 6) is 0.741. The van der Waals surface area contributed by atoms with Crippen LogP contribution in [-0.4, -0.2) is 11.1 Å². The quantitative estimate of drug-likeness (QED) is 0.686. The molecule has 1 heterocycles. The van der Waals surface area contributed by atoms with E-state index in [0.29, 0.717) is 5.25 Å². The van der Waals surface area contributed by atoms with Crippen molar-refractivity contribution in [2.24, 2.45) is 10.7 Å². The SMILES string of the molecule is CC1CC(N)=Nc2ccccc2S1. The minimum Gasteiger partial charge on any atom is -0.387 e. The summed E-state index contributed by atoms with van der Waals surface area (Å²) < 4.78 is 0. The highest BCUT2D eigenvalue weighted by molar-refractivity contribution is 8.00. The second kappa shape index (κ2) is 3.42. The van der Waals surface area contributed by atoms with Gasteiger partial charge in [-0.05, 0) is 12.1 Å². The molecule has 1 aliphatic heterocycles. The maximum absolute atomic E-state index is 5.78. The monoisotopic (exact) mass is 192 g/mol. The number of nitrogens with two attached hydrogens (primary N) is 1. The van der Waals surface area contributed by atoms with Crippen molar-refractivity contribution in [3.8, 4) is 0 Å². The molecule has 0 saturated carbocycles. The van der Waals surface area contributed by atoms with E-state index in [9.17, 15) is 0 Å². The first-order chi connectivity index (χ1) is 6.25. The summed E-state index contributed by atoms with van der Waals surface area (Å²) in [6, 6.07) is 8.13. The van der Waals surface area contributed by atoms with Crippen LogP contribution in [0.2, 0.25) is 0 Å². The third-order valence-corrected chi connectivity index (χ3v) is 3.12. The fourth-order valence-electron chi connectivity index (χ4n) is 1.40. The van der Waals surface area contributed by atoms with Gasteiger partial charge in [0.15, 0.2) is 0 Å². The standard InChI is InChI=1S/C10H12N2S/c1-7-6-10(11)12-8-4-2-3-5-9(8)13-7/h2-5,7H,6H2,1H3,(H2,11,12). The molecule has 0 bridgehead atoms. The van der Waals surface area contributed by atoms with E-state index in [0.717, 1.165) is 17.9 Å². The Bertz CT molecular complexity index is 347. The predicted molar refractivity (Wildman–Crippen MR) is 57.7 cm³/mol. The van der Waals surface area contributed by atoms with Gasteiger partial charge in [0, 0.05) is 16.6 Å². The average molecular weight is 192 g/mol. The Kier molecular flexibility index (Phi) is 2.27. The van der Waals surface area contributed by atoms with Gasteiger partial charge >= 0.3 is 0 Å². The molecule has 68 valence electrons. The summed E-state index contributed by atoms with van der Waals surface area (Å²) in [6.45, 7) is 2.18. The zero-order valence-corrected chi connectivity index (χ0v) is 8.34. The molecule has 0 radical (unpaired) electrons. The highest BCUT2D eigenvalue weighted by atomic mass is 32.2. The van der Waals surface area contributed by atoms with Crippen LogP contribution in [-0.2, 0) is 0 Å². The predicted octanol–water partition coefficient (Wildman–Crippen LogP) is 2.56. The van der Waals surface area contributed by atoms with Gasteiger partial charge in [-0.15, -0.1) is 11.8 Å². The van der Waals surface area contributed by atoms with Crippen LogP contribution < -0.4 is 5.73 Å². The minimum absolute atomic E-state index is 0.521. The van der Waals surface area contributed by atoms with Crippen LogP contribution in [0.4, 0.5) is 5.69 Å². The Morgan fingerprint density at radius 3 is 3.08 bits per heavy atom. The third-order valence-electron chi connectivity index (χ3n) is 1.95. The van der Waals surface area contributed by atoms with E-state index < -0.39 is 0 Å². The van der Waals surface area contributed by atoms with E-state index in [2.05, 4.69) is 18.0 Å². The van der Waals surface area contributed by atoms with E-state index in [1.807, 2.05) is 30.0 Å². The van der Waals surface area contributed by atoms with Crippen molar-refractivity contribution in [1.29, 1.82) is 0 Å². The summed E-state index contributed by atoms with van der Waals surface area (Å²) in [5.41, 5.74) is 6.79. The van der Waals surface area contributed by atoms with Gasteiger partial charge in [0.05, 0.1) is 5.69 Å². The molecule has 0 fully saturated rings. The molecular weight excluding hydrogens is 180 g/mol. The van der Waals surface area contributed by atoms with Crippen molar-refractivity contribution in [1.82, 2.24) is 0 Å². The highest BCUT2D eigenvalue weighted by Gasteiger charge is 2.13. The Labute approximate surface area is 82.2 Å². The van der Waals surface area contributed by atoms with Gasteiger partial charge in [-0.3, -0.25) is 0 Å². The maximum Gasteiger partial charge on any atom is 0.101 e. The second-order valence-corrected chi connectivity index (χ2v) is 4.68. The average Bonchev–Trinajstić information content (AvgIpc) is 2.20. The highest BCUT2D eigenvalue weighted by Crippen LogP contribution is 2.35. The van der Waals surface area contributed by atoms with Crippen LogP contribution >= 0.6 is 11.8 Å². The summed E-state index contributed by atoms with van der Waals surface area (Å²) >= 11 is 1.84. The van der Waals surface area contributed by atoms with Crippen LogP contribution in [0.1, 0.15) is 13.3 Å². The van der Waals surface area contributed by atoms with Gasteiger partial charge in [0.1, 0.15) is 5.84 Å². The number of nitrogens with zero attached hydrogens (tertiary/aromatic N) is 1. The number of aliphatic imine (C=N–C) groups is 1. The maximum atomic E-state index is 5.78. The van der Waals surface area contributed by atoms with E-state index in [1.54, 1.807) is 0 Å². The Balaban J connectivity index is 2.45. The molecule has 1 atom stereocenters. The molecule has 1 unspecified atom stereocenters. The number of fused-ring (bicyclic) bond motifs is 1. The molecular formula is C10H12N2S. The first-order valence-electron chi connectivity index (χ1n) is 4.34. The van der Waals surface area contributed by atoms with E-state index in [-0.39, 0.29) is 0 Å². The van der Waals surface area contributed by atoms with Gasteiger partial charge in [-0.2, -0.15) is 0 Å². The van der Waals surface area contributed by atoms with Crippen LogP contribution in [0.15, 0.2) is 34.2 Å². The molecule has 2 N–H and O–H groups in total. The number of thioether (sulfide) groups is 1. The van der Waals surface area contributed by atoms with Gasteiger partial charge < -0.3 is 5.73 Å². The minimum atomic E-state index is 0.521. The summed E-state index contributed by atoms with van der Waals surface area (Å²) in [5, 5.41) is 0.521. The zero-order valence-electron chi connectivity index (χ0n) is 7.53. The Morgan fingerprint density at radius 1 is 1.46 bits per heavy atom. The van der Waals surface area contributed by atoms with Gasteiger partial charge in [0.25, 0.3) is 0 Å². The van der Waals surface area contributed by atoms with E-state index >= 15 is 0 Å². The van der Waals surface area contributed by atoms with Crippen molar-refractivity contribution >= 4 is 23.3 Å². The first kappa shape index (κ1) is 8.63. The number of hydrogen-bond acceptors (Lipinski definition) is 3. The lowest BCUT2D eigenvalue weighted by atomic mass is 10.3. The van der Waals surface area contributed by atoms with E-state index in [1.165, 1.54) is 4.90 Å². The lowest BCUT2D eigenvalue weighted by molar-refractivity contribution is 1.01. The van der Waals surface area contributed by atoms with E-state index in [4.69, 9.17) is 5.73 Å². The van der Waals surface area contributed by atoms with Crippen LogP contribution in [0.5, 0.6) is 0 Å². The largest absolute Gasteiger partial charge is 0.387 e. The molecule has 3 heteroatoms. The normalized spacial score (nSPS) is 21.6. The van der Waals surface area contributed by atoms with Crippen LogP contribution in [0.25, 0.3) is 0 Å². The van der Waals surface area contributed by atoms with Crippen LogP contribution in [0, 0.1) is 0 Å². The number of hydrogen-bond donors (Lipinski definition) is 1. The smallest absolute Gasteiger partial charge is 0.101 e. The molecule has 0 amide bonds. The number of para-hydroxylation sites is 1. The summed E-state index contributed by atoms with van der Waals surface area (Å²) in [7, 11) is 0. The van der Waals surface area contributed by atoms with Gasteiger partial charge in [-0.1, -0.05) is 19.1 Å². The number of amidine groups is 1.